The summed E-state index contributed by atoms with van der Waals surface area (Å²) < 4.78 is 0. The quantitative estimate of drug-likeness (QED) is 0.831. The van der Waals surface area contributed by atoms with Crippen LogP contribution >= 0.6 is 22.9 Å². The van der Waals surface area contributed by atoms with E-state index in [4.69, 9.17) is 11.6 Å². The maximum Gasteiger partial charge on any atom is 0.321 e. The normalized spacial score (nSPS) is 14.0. The molecule has 2 rings (SSSR count). The molecule has 0 aliphatic carbocycles. The Morgan fingerprint density at radius 2 is 2.24 bits per heavy atom. The van der Waals surface area contributed by atoms with Crippen molar-refractivity contribution in [3.63, 3.8) is 0 Å². The van der Waals surface area contributed by atoms with E-state index in [0.717, 1.165) is 10.6 Å². The van der Waals surface area contributed by atoms with E-state index >= 15 is 0 Å². The summed E-state index contributed by atoms with van der Waals surface area (Å²) in [6, 6.07) is -0.186. The molecule has 0 saturated carbocycles. The Morgan fingerprint density at radius 1 is 1.48 bits per heavy atom. The summed E-state index contributed by atoms with van der Waals surface area (Å²) in [6.45, 7) is 5.00. The number of rotatable bonds is 4. The first-order chi connectivity index (χ1) is 9.99. The first kappa shape index (κ1) is 16.0. The lowest BCUT2D eigenvalue weighted by atomic mass is 10.1. The Labute approximate surface area is 132 Å². The van der Waals surface area contributed by atoms with Gasteiger partial charge >= 0.3 is 6.03 Å². The number of nitrogens with zero attached hydrogens (tertiary/aromatic N) is 2. The van der Waals surface area contributed by atoms with Gasteiger partial charge in [0, 0.05) is 36.2 Å². The molecule has 0 atom stereocenters. The van der Waals surface area contributed by atoms with Gasteiger partial charge in [0.1, 0.15) is 0 Å². The van der Waals surface area contributed by atoms with Crippen LogP contribution in [0, 0.1) is 0 Å². The molecule has 2 N–H and O–H groups in total. The highest BCUT2D eigenvalue weighted by Gasteiger charge is 2.24. The Kier molecular flexibility index (Phi) is 5.41. The van der Waals surface area contributed by atoms with E-state index in [2.05, 4.69) is 15.6 Å². The molecule has 1 aromatic rings. The monoisotopic (exact) mass is 330 g/mol. The van der Waals surface area contributed by atoms with Crippen molar-refractivity contribution < 1.29 is 9.59 Å². The standard InChI is InChI=1S/C13H19ClN4O2S/c1-8(2)15-12(20)17-13-16-9-4-6-18(7-10(9)21-13)11(19)3-5-14/h8H,3-7H2,1-2H3,(H2,15,16,17,20). The predicted octanol–water partition coefficient (Wildman–Crippen LogP) is 2.19. The van der Waals surface area contributed by atoms with E-state index in [1.807, 2.05) is 13.8 Å². The Balaban J connectivity index is 1.99. The molecule has 1 aliphatic rings. The average molecular weight is 331 g/mol. The number of carbonyl (C=O) groups excluding carboxylic acids is 2. The first-order valence-corrected chi connectivity index (χ1v) is 8.24. The number of hydrogen-bond donors (Lipinski definition) is 2. The lowest BCUT2D eigenvalue weighted by Gasteiger charge is -2.25. The fourth-order valence-corrected chi connectivity index (χ4v) is 3.28. The predicted molar refractivity (Wildman–Crippen MR) is 83.9 cm³/mol. The van der Waals surface area contributed by atoms with Crippen LogP contribution in [0.1, 0.15) is 30.8 Å². The summed E-state index contributed by atoms with van der Waals surface area (Å²) >= 11 is 7.03. The molecule has 0 aromatic carbocycles. The molecular formula is C13H19ClN4O2S. The molecular weight excluding hydrogens is 312 g/mol. The number of amides is 3. The van der Waals surface area contributed by atoms with Gasteiger partial charge in [-0.2, -0.15) is 0 Å². The zero-order valence-corrected chi connectivity index (χ0v) is 13.7. The third kappa shape index (κ3) is 4.31. The number of alkyl halides is 1. The number of fused-ring (bicyclic) bond motifs is 1. The van der Waals surface area contributed by atoms with Crippen LogP contribution in [0.25, 0.3) is 0 Å². The molecule has 21 heavy (non-hydrogen) atoms. The van der Waals surface area contributed by atoms with E-state index in [1.165, 1.54) is 11.3 Å². The minimum absolute atomic E-state index is 0.0658. The van der Waals surface area contributed by atoms with Gasteiger partial charge in [0.2, 0.25) is 5.91 Å². The second kappa shape index (κ2) is 7.09. The number of urea groups is 1. The molecule has 6 nitrogen and oxygen atoms in total. The summed E-state index contributed by atoms with van der Waals surface area (Å²) in [6.07, 6.45) is 1.07. The number of nitrogens with one attached hydrogen (secondary N) is 2. The maximum absolute atomic E-state index is 11.9. The van der Waals surface area contributed by atoms with Crippen LogP contribution < -0.4 is 10.6 Å². The first-order valence-electron chi connectivity index (χ1n) is 6.89. The van der Waals surface area contributed by atoms with Gasteiger partial charge in [-0.25, -0.2) is 9.78 Å². The van der Waals surface area contributed by atoms with Crippen molar-refractivity contribution in [2.75, 3.05) is 17.7 Å². The molecule has 0 fully saturated rings. The number of anilines is 1. The number of aromatic nitrogens is 1. The van der Waals surface area contributed by atoms with Crippen molar-refractivity contribution in [1.82, 2.24) is 15.2 Å². The molecule has 0 spiro atoms. The zero-order chi connectivity index (χ0) is 15.4. The molecule has 0 unspecified atom stereocenters. The van der Waals surface area contributed by atoms with E-state index < -0.39 is 0 Å². The van der Waals surface area contributed by atoms with Crippen molar-refractivity contribution in [3.05, 3.63) is 10.6 Å². The lowest BCUT2D eigenvalue weighted by Crippen LogP contribution is -2.35. The number of hydrogen-bond acceptors (Lipinski definition) is 4. The molecule has 3 amide bonds. The number of carbonyl (C=O) groups is 2. The van der Waals surface area contributed by atoms with Gasteiger partial charge in [-0.15, -0.1) is 11.6 Å². The summed E-state index contributed by atoms with van der Waals surface area (Å²) in [5.74, 6) is 0.406. The zero-order valence-electron chi connectivity index (χ0n) is 12.1. The van der Waals surface area contributed by atoms with E-state index in [1.54, 1.807) is 4.90 Å². The minimum Gasteiger partial charge on any atom is -0.337 e. The summed E-state index contributed by atoms with van der Waals surface area (Å²) in [5.41, 5.74) is 0.967. The molecule has 0 radical (unpaired) electrons. The summed E-state index contributed by atoms with van der Waals surface area (Å²) in [4.78, 5) is 30.8. The van der Waals surface area contributed by atoms with E-state index in [9.17, 15) is 9.59 Å². The fourth-order valence-electron chi connectivity index (χ4n) is 2.10. The van der Waals surface area contributed by atoms with Gasteiger partial charge in [-0.3, -0.25) is 10.1 Å². The summed E-state index contributed by atoms with van der Waals surface area (Å²) in [7, 11) is 0. The lowest BCUT2D eigenvalue weighted by molar-refractivity contribution is -0.131. The maximum atomic E-state index is 11.9. The molecule has 116 valence electrons. The van der Waals surface area contributed by atoms with Gasteiger partial charge in [-0.1, -0.05) is 11.3 Å². The van der Waals surface area contributed by atoms with Crippen LogP contribution in [0.15, 0.2) is 0 Å². The van der Waals surface area contributed by atoms with Crippen LogP contribution in [-0.4, -0.2) is 40.3 Å². The van der Waals surface area contributed by atoms with Crippen molar-refractivity contribution in [3.8, 4) is 0 Å². The fraction of sp³-hybridized carbons (Fsp3) is 0.615. The molecule has 0 bridgehead atoms. The highest BCUT2D eigenvalue weighted by molar-refractivity contribution is 7.15. The van der Waals surface area contributed by atoms with Crippen LogP contribution in [0.4, 0.5) is 9.93 Å². The molecule has 0 saturated heterocycles. The Bertz CT molecular complexity index is 532. The van der Waals surface area contributed by atoms with Crippen molar-refractivity contribution >= 4 is 40.0 Å². The van der Waals surface area contributed by atoms with Gasteiger partial charge in [-0.05, 0) is 13.8 Å². The molecule has 2 heterocycles. The average Bonchev–Trinajstić information content (AvgIpc) is 2.78. The third-order valence-corrected chi connectivity index (χ3v) is 4.22. The number of thiazole rings is 1. The molecule has 1 aliphatic heterocycles. The highest BCUT2D eigenvalue weighted by atomic mass is 35.5. The molecule has 8 heteroatoms. The van der Waals surface area contributed by atoms with Crippen LogP contribution in [0.5, 0.6) is 0 Å². The Morgan fingerprint density at radius 3 is 2.90 bits per heavy atom. The van der Waals surface area contributed by atoms with Crippen molar-refractivity contribution in [1.29, 1.82) is 0 Å². The van der Waals surface area contributed by atoms with Crippen molar-refractivity contribution in [2.45, 2.75) is 39.3 Å². The topological polar surface area (TPSA) is 74.3 Å². The highest BCUT2D eigenvalue weighted by Crippen LogP contribution is 2.28. The van der Waals surface area contributed by atoms with Gasteiger partial charge in [0.15, 0.2) is 5.13 Å². The number of halogens is 1. The second-order valence-electron chi connectivity index (χ2n) is 5.15. The Hall–Kier alpha value is -1.34. The SMILES string of the molecule is CC(C)NC(=O)Nc1nc2c(s1)CN(C(=O)CCCl)CC2. The van der Waals surface area contributed by atoms with E-state index in [-0.39, 0.29) is 18.0 Å². The van der Waals surface area contributed by atoms with Crippen LogP contribution in [-0.2, 0) is 17.8 Å². The smallest absolute Gasteiger partial charge is 0.321 e. The third-order valence-electron chi connectivity index (χ3n) is 3.03. The minimum atomic E-state index is -0.258. The van der Waals surface area contributed by atoms with Crippen LogP contribution in [0.2, 0.25) is 0 Å². The second-order valence-corrected chi connectivity index (χ2v) is 6.61. The summed E-state index contributed by atoms with van der Waals surface area (Å²) in [5, 5.41) is 6.06. The van der Waals surface area contributed by atoms with Gasteiger partial charge < -0.3 is 10.2 Å². The van der Waals surface area contributed by atoms with E-state index in [0.29, 0.717) is 36.9 Å². The van der Waals surface area contributed by atoms with Crippen LogP contribution in [0.3, 0.4) is 0 Å². The van der Waals surface area contributed by atoms with Gasteiger partial charge in [0.05, 0.1) is 12.2 Å². The largest absolute Gasteiger partial charge is 0.337 e. The van der Waals surface area contributed by atoms with Gasteiger partial charge in [0.25, 0.3) is 0 Å². The molecule has 1 aromatic heterocycles. The van der Waals surface area contributed by atoms with Crippen molar-refractivity contribution in [2.24, 2.45) is 0 Å².